The van der Waals surface area contributed by atoms with E-state index in [1.54, 1.807) is 9.80 Å². The van der Waals surface area contributed by atoms with Gasteiger partial charge in [-0.15, -0.1) is 0 Å². The minimum atomic E-state index is -4.49. The second kappa shape index (κ2) is 6.90. The predicted octanol–water partition coefficient (Wildman–Crippen LogP) is 4.28. The van der Waals surface area contributed by atoms with Crippen molar-refractivity contribution >= 4 is 17.5 Å². The largest absolute Gasteiger partial charge is 0.416 e. The predicted molar refractivity (Wildman–Crippen MR) is 103 cm³/mol. The molecule has 0 unspecified atom stereocenters. The molecule has 2 aromatic rings. The van der Waals surface area contributed by atoms with Gasteiger partial charge in [-0.1, -0.05) is 23.8 Å². The Labute approximate surface area is 166 Å². The molecule has 1 spiro atoms. The van der Waals surface area contributed by atoms with Gasteiger partial charge in [0.2, 0.25) is 5.91 Å². The van der Waals surface area contributed by atoms with E-state index < -0.39 is 17.6 Å². The summed E-state index contributed by atoms with van der Waals surface area (Å²) in [6.45, 7) is 3.30. The van der Waals surface area contributed by atoms with Crippen LogP contribution in [0.1, 0.15) is 34.3 Å². The fourth-order valence-corrected chi connectivity index (χ4v) is 4.25. The number of rotatable bonds is 2. The topological polar surface area (TPSA) is 40.6 Å². The van der Waals surface area contributed by atoms with E-state index in [-0.39, 0.29) is 16.9 Å². The summed E-state index contributed by atoms with van der Waals surface area (Å²) < 4.78 is 38.9. The number of nitrogens with zero attached hydrogens (tertiary/aromatic N) is 2. The van der Waals surface area contributed by atoms with Gasteiger partial charge >= 0.3 is 6.18 Å². The van der Waals surface area contributed by atoms with Crippen LogP contribution in [-0.4, -0.2) is 36.3 Å². The summed E-state index contributed by atoms with van der Waals surface area (Å²) in [5, 5.41) is 0. The summed E-state index contributed by atoms with van der Waals surface area (Å²) in [7, 11) is 0. The summed E-state index contributed by atoms with van der Waals surface area (Å²) in [4.78, 5) is 28.7. The first-order valence-electron chi connectivity index (χ1n) is 9.51. The molecule has 0 N–H and O–H groups in total. The zero-order valence-corrected chi connectivity index (χ0v) is 16.0. The highest BCUT2D eigenvalue weighted by atomic mass is 19.4. The van der Waals surface area contributed by atoms with Crippen molar-refractivity contribution in [2.24, 2.45) is 5.41 Å². The fourth-order valence-electron chi connectivity index (χ4n) is 4.25. The first-order valence-corrected chi connectivity index (χ1v) is 9.51. The molecule has 2 amide bonds. The lowest BCUT2D eigenvalue weighted by atomic mass is 9.86. The van der Waals surface area contributed by atoms with Crippen molar-refractivity contribution in [3.05, 3.63) is 65.2 Å². The Bertz CT molecular complexity index is 955. The quantitative estimate of drug-likeness (QED) is 0.752. The number of halogens is 3. The van der Waals surface area contributed by atoms with Gasteiger partial charge in [-0.05, 0) is 43.7 Å². The molecule has 4 rings (SSSR count). The van der Waals surface area contributed by atoms with Crippen LogP contribution in [0, 0.1) is 12.3 Å². The molecule has 2 aromatic carbocycles. The van der Waals surface area contributed by atoms with Crippen LogP contribution in [0.25, 0.3) is 0 Å². The second-order valence-corrected chi connectivity index (χ2v) is 8.05. The molecule has 0 aliphatic carbocycles. The zero-order valence-electron chi connectivity index (χ0n) is 16.0. The molecule has 29 heavy (non-hydrogen) atoms. The van der Waals surface area contributed by atoms with Gasteiger partial charge in [0.1, 0.15) is 0 Å². The Kier molecular flexibility index (Phi) is 4.63. The van der Waals surface area contributed by atoms with Crippen molar-refractivity contribution in [1.82, 2.24) is 4.90 Å². The lowest BCUT2D eigenvalue weighted by Crippen LogP contribution is -2.34. The van der Waals surface area contributed by atoms with Gasteiger partial charge in [-0.2, -0.15) is 13.2 Å². The van der Waals surface area contributed by atoms with E-state index in [1.807, 2.05) is 31.2 Å². The molecule has 2 saturated heterocycles. The molecule has 2 fully saturated rings. The highest BCUT2D eigenvalue weighted by molar-refractivity contribution is 5.97. The van der Waals surface area contributed by atoms with E-state index in [1.165, 1.54) is 12.1 Å². The molecule has 0 saturated carbocycles. The average Bonchev–Trinajstić information content (AvgIpc) is 3.24. The molecule has 2 aliphatic rings. The van der Waals surface area contributed by atoms with Crippen LogP contribution in [0.3, 0.4) is 0 Å². The average molecular weight is 402 g/mol. The lowest BCUT2D eigenvalue weighted by molar-refractivity contribution is -0.137. The third-order valence-electron chi connectivity index (χ3n) is 5.83. The van der Waals surface area contributed by atoms with E-state index in [2.05, 4.69) is 0 Å². The van der Waals surface area contributed by atoms with Crippen molar-refractivity contribution in [3.8, 4) is 0 Å². The molecule has 152 valence electrons. The monoisotopic (exact) mass is 402 g/mol. The fraction of sp³-hybridized carbons (Fsp3) is 0.364. The maximum absolute atomic E-state index is 13.0. The van der Waals surface area contributed by atoms with E-state index >= 15 is 0 Å². The first-order chi connectivity index (χ1) is 13.7. The Morgan fingerprint density at radius 1 is 1.07 bits per heavy atom. The highest BCUT2D eigenvalue weighted by Gasteiger charge is 2.49. The van der Waals surface area contributed by atoms with Gasteiger partial charge in [0.15, 0.2) is 0 Å². The number of benzene rings is 2. The van der Waals surface area contributed by atoms with Crippen molar-refractivity contribution in [2.75, 3.05) is 24.5 Å². The SMILES string of the molecule is Cc1ccc(N2C[C@]3(CCN(C(=O)c4cccc(C(F)(F)F)c4)C3)CC2=O)cc1. The number of hydrogen-bond acceptors (Lipinski definition) is 2. The molecule has 4 nitrogen and oxygen atoms in total. The second-order valence-electron chi connectivity index (χ2n) is 8.05. The molecular weight excluding hydrogens is 381 g/mol. The van der Waals surface area contributed by atoms with Gasteiger partial charge in [0, 0.05) is 42.7 Å². The Hall–Kier alpha value is -2.83. The van der Waals surface area contributed by atoms with Crippen LogP contribution in [0.5, 0.6) is 0 Å². The van der Waals surface area contributed by atoms with Gasteiger partial charge in [-0.3, -0.25) is 9.59 Å². The Morgan fingerprint density at radius 2 is 1.79 bits per heavy atom. The Morgan fingerprint density at radius 3 is 2.48 bits per heavy atom. The third kappa shape index (κ3) is 3.73. The van der Waals surface area contributed by atoms with Crippen LogP contribution in [-0.2, 0) is 11.0 Å². The molecule has 2 heterocycles. The molecule has 1 atom stereocenters. The minimum absolute atomic E-state index is 0.0159. The molecule has 0 bridgehead atoms. The number of anilines is 1. The van der Waals surface area contributed by atoms with Gasteiger partial charge in [-0.25, -0.2) is 0 Å². The zero-order chi connectivity index (χ0) is 20.8. The van der Waals surface area contributed by atoms with Crippen LogP contribution in [0.2, 0.25) is 0 Å². The maximum atomic E-state index is 13.0. The van der Waals surface area contributed by atoms with Crippen LogP contribution in [0.15, 0.2) is 48.5 Å². The van der Waals surface area contributed by atoms with Crippen molar-refractivity contribution in [3.63, 3.8) is 0 Å². The van der Waals surface area contributed by atoms with E-state index in [9.17, 15) is 22.8 Å². The third-order valence-corrected chi connectivity index (χ3v) is 5.83. The lowest BCUT2D eigenvalue weighted by Gasteiger charge is -2.24. The molecular formula is C22H21F3N2O2. The van der Waals surface area contributed by atoms with Crippen LogP contribution in [0.4, 0.5) is 18.9 Å². The van der Waals surface area contributed by atoms with Crippen LogP contribution < -0.4 is 4.90 Å². The van der Waals surface area contributed by atoms with Gasteiger partial charge < -0.3 is 9.80 Å². The summed E-state index contributed by atoms with van der Waals surface area (Å²) in [5.41, 5.74) is 0.781. The molecule has 2 aliphatic heterocycles. The number of likely N-dealkylation sites (tertiary alicyclic amines) is 1. The Balaban J connectivity index is 1.50. The number of carbonyl (C=O) groups is 2. The van der Waals surface area contributed by atoms with Gasteiger partial charge in [0.05, 0.1) is 5.56 Å². The standard InChI is InChI=1S/C22H21F3N2O2/c1-15-5-7-18(8-6-15)27-14-21(12-19(27)28)9-10-26(13-21)20(29)16-3-2-4-17(11-16)22(23,24)25/h2-8,11H,9-10,12-14H2,1H3/t21-/m1/s1. The molecule has 0 aromatic heterocycles. The van der Waals surface area contributed by atoms with Crippen molar-refractivity contribution < 1.29 is 22.8 Å². The number of alkyl halides is 3. The summed E-state index contributed by atoms with van der Waals surface area (Å²) in [5.74, 6) is -0.406. The molecule has 0 radical (unpaired) electrons. The minimum Gasteiger partial charge on any atom is -0.338 e. The summed E-state index contributed by atoms with van der Waals surface area (Å²) in [6, 6.07) is 12.2. The number of hydrogen-bond donors (Lipinski definition) is 0. The van der Waals surface area contributed by atoms with Crippen LogP contribution >= 0.6 is 0 Å². The van der Waals surface area contributed by atoms with Crippen molar-refractivity contribution in [1.29, 1.82) is 0 Å². The first kappa shape index (κ1) is 19.5. The maximum Gasteiger partial charge on any atom is 0.416 e. The van der Waals surface area contributed by atoms with E-state index in [0.29, 0.717) is 32.5 Å². The smallest absolute Gasteiger partial charge is 0.338 e. The molecule has 7 heteroatoms. The van der Waals surface area contributed by atoms with E-state index in [4.69, 9.17) is 0 Å². The normalized spacial score (nSPS) is 22.0. The number of amides is 2. The summed E-state index contributed by atoms with van der Waals surface area (Å²) in [6.07, 6.45) is -3.49. The summed E-state index contributed by atoms with van der Waals surface area (Å²) >= 11 is 0. The van der Waals surface area contributed by atoms with Crippen molar-refractivity contribution in [2.45, 2.75) is 25.9 Å². The van der Waals surface area contributed by atoms with E-state index in [0.717, 1.165) is 23.4 Å². The highest BCUT2D eigenvalue weighted by Crippen LogP contribution is 2.42. The number of aryl methyl sites for hydroxylation is 1. The number of carbonyl (C=O) groups excluding carboxylic acids is 2. The van der Waals surface area contributed by atoms with Gasteiger partial charge in [0.25, 0.3) is 5.91 Å².